The Labute approximate surface area is 280 Å². The minimum atomic E-state index is -4.24. The molecule has 1 N–H and O–H groups in total. The van der Waals surface area contributed by atoms with Crippen LogP contribution in [0.15, 0.2) is 112 Å². The van der Waals surface area contributed by atoms with Crippen LogP contribution in [0.4, 0.5) is 5.69 Å². The molecule has 2 amide bonds. The van der Waals surface area contributed by atoms with Gasteiger partial charge in [-0.15, -0.1) is 0 Å². The molecule has 4 rings (SSSR count). The van der Waals surface area contributed by atoms with Gasteiger partial charge >= 0.3 is 0 Å². The zero-order chi connectivity index (χ0) is 33.3. The number of sulfonamides is 1. The summed E-state index contributed by atoms with van der Waals surface area (Å²) < 4.78 is 36.0. The first kappa shape index (κ1) is 34.7. The van der Waals surface area contributed by atoms with Crippen molar-refractivity contribution in [3.05, 3.63) is 124 Å². The Kier molecular flexibility index (Phi) is 12.0. The summed E-state index contributed by atoms with van der Waals surface area (Å²) in [6.07, 6.45) is 0.950. The maximum atomic E-state index is 14.6. The molecule has 0 fully saturated rings. The molecule has 0 aliphatic carbocycles. The van der Waals surface area contributed by atoms with Crippen molar-refractivity contribution in [1.29, 1.82) is 0 Å². The number of halogens is 1. The topological polar surface area (TPSA) is 96.0 Å². The lowest BCUT2D eigenvalue weighted by atomic mass is 10.0. The zero-order valence-electron chi connectivity index (χ0n) is 26.5. The van der Waals surface area contributed by atoms with Gasteiger partial charge in [-0.2, -0.15) is 0 Å². The summed E-state index contributed by atoms with van der Waals surface area (Å²) in [5.41, 5.74) is 2.77. The van der Waals surface area contributed by atoms with Crippen molar-refractivity contribution in [3.63, 3.8) is 0 Å². The third-order valence-corrected chi connectivity index (χ3v) is 10.1. The number of carbonyl (C=O) groups excluding carboxylic acids is 2. The summed E-state index contributed by atoms with van der Waals surface area (Å²) >= 11 is 3.46. The number of hydrogen-bond acceptors (Lipinski definition) is 5. The Morgan fingerprint density at radius 2 is 1.50 bits per heavy atom. The molecule has 4 aromatic carbocycles. The van der Waals surface area contributed by atoms with Gasteiger partial charge in [-0.3, -0.25) is 13.9 Å². The molecule has 46 heavy (non-hydrogen) atoms. The second kappa shape index (κ2) is 15.9. The highest BCUT2D eigenvalue weighted by atomic mass is 79.9. The van der Waals surface area contributed by atoms with Gasteiger partial charge in [0.25, 0.3) is 10.0 Å². The molecule has 0 radical (unpaired) electrons. The zero-order valence-corrected chi connectivity index (χ0v) is 28.9. The van der Waals surface area contributed by atoms with E-state index in [2.05, 4.69) is 21.2 Å². The number of hydrogen-bond donors (Lipinski definition) is 1. The van der Waals surface area contributed by atoms with Crippen molar-refractivity contribution in [3.8, 4) is 5.75 Å². The summed E-state index contributed by atoms with van der Waals surface area (Å²) in [5.74, 6) is -0.556. The van der Waals surface area contributed by atoms with E-state index in [4.69, 9.17) is 4.74 Å². The van der Waals surface area contributed by atoms with Gasteiger partial charge in [0.05, 0.1) is 17.7 Å². The van der Waals surface area contributed by atoms with E-state index in [1.165, 1.54) is 24.1 Å². The Morgan fingerprint density at radius 1 is 0.870 bits per heavy atom. The van der Waals surface area contributed by atoms with Crippen LogP contribution in [0.5, 0.6) is 5.75 Å². The quantitative estimate of drug-likeness (QED) is 0.161. The van der Waals surface area contributed by atoms with E-state index in [1.807, 2.05) is 75.4 Å². The van der Waals surface area contributed by atoms with Gasteiger partial charge in [-0.25, -0.2) is 8.42 Å². The van der Waals surface area contributed by atoms with Crippen LogP contribution in [0.2, 0.25) is 0 Å². The van der Waals surface area contributed by atoms with E-state index >= 15 is 0 Å². The molecule has 8 nitrogen and oxygen atoms in total. The Hall–Kier alpha value is -4.15. The number of ether oxygens (including phenoxy) is 1. The number of para-hydroxylation sites is 2. The number of benzene rings is 4. The average molecular weight is 707 g/mol. The van der Waals surface area contributed by atoms with Crippen molar-refractivity contribution in [2.75, 3.05) is 18.0 Å². The first-order valence-corrected chi connectivity index (χ1v) is 17.4. The molecule has 0 unspecified atom stereocenters. The summed E-state index contributed by atoms with van der Waals surface area (Å²) in [5, 5.41) is 3.05. The number of carbonyl (C=O) groups is 2. The van der Waals surface area contributed by atoms with Gasteiger partial charge in [-0.05, 0) is 67.8 Å². The summed E-state index contributed by atoms with van der Waals surface area (Å²) in [6.45, 7) is 5.28. The monoisotopic (exact) mass is 705 g/mol. The SMILES string of the molecule is CC[C@H](C)NC(=O)[C@H](Cc1ccccc1)N(Cc1ccc(Br)cc1)C(=O)CN(c1ccccc1OC)S(=O)(=O)c1ccc(C)cc1. The van der Waals surface area contributed by atoms with E-state index in [0.29, 0.717) is 12.2 Å². The maximum Gasteiger partial charge on any atom is 0.264 e. The second-order valence-corrected chi connectivity index (χ2v) is 13.9. The first-order chi connectivity index (χ1) is 22.0. The van der Waals surface area contributed by atoms with Crippen molar-refractivity contribution in [2.45, 2.75) is 57.1 Å². The normalized spacial score (nSPS) is 12.5. The number of rotatable bonds is 14. The second-order valence-electron chi connectivity index (χ2n) is 11.2. The molecule has 10 heteroatoms. The van der Waals surface area contributed by atoms with Crippen LogP contribution in [0.1, 0.15) is 37.0 Å². The highest BCUT2D eigenvalue weighted by Crippen LogP contribution is 2.33. The Morgan fingerprint density at radius 3 is 2.13 bits per heavy atom. The van der Waals surface area contributed by atoms with Crippen molar-refractivity contribution in [1.82, 2.24) is 10.2 Å². The molecule has 2 atom stereocenters. The molecular formula is C36H40BrN3O5S. The molecule has 0 spiro atoms. The van der Waals surface area contributed by atoms with Crippen molar-refractivity contribution in [2.24, 2.45) is 0 Å². The van der Waals surface area contributed by atoms with Crippen LogP contribution in [0.3, 0.4) is 0 Å². The van der Waals surface area contributed by atoms with Crippen LogP contribution in [-0.2, 0) is 32.6 Å². The van der Waals surface area contributed by atoms with Crippen LogP contribution < -0.4 is 14.4 Å². The molecule has 0 saturated carbocycles. The van der Waals surface area contributed by atoms with Crippen molar-refractivity contribution >= 4 is 43.5 Å². The molecule has 0 aromatic heterocycles. The smallest absolute Gasteiger partial charge is 0.264 e. The fraction of sp³-hybridized carbons (Fsp3) is 0.278. The van der Waals surface area contributed by atoms with Gasteiger partial charge in [0.15, 0.2) is 0 Å². The van der Waals surface area contributed by atoms with Gasteiger partial charge in [0.1, 0.15) is 18.3 Å². The van der Waals surface area contributed by atoms with Gasteiger partial charge in [0.2, 0.25) is 11.8 Å². The number of nitrogens with zero attached hydrogens (tertiary/aromatic N) is 2. The fourth-order valence-electron chi connectivity index (χ4n) is 4.97. The fourth-order valence-corrected chi connectivity index (χ4v) is 6.66. The standard InChI is InChI=1S/C36H40BrN3O5S/c1-5-27(3)38-36(42)33(23-28-11-7-6-8-12-28)39(24-29-17-19-30(37)20-18-29)35(41)25-40(32-13-9-10-14-34(32)45-4)46(43,44)31-21-15-26(2)16-22-31/h6-22,27,33H,5,23-25H2,1-4H3,(H,38,42)/t27-,33-/m0/s1. The van der Waals surface area contributed by atoms with Gasteiger partial charge in [-0.1, -0.05) is 95.1 Å². The largest absolute Gasteiger partial charge is 0.495 e. The highest BCUT2D eigenvalue weighted by Gasteiger charge is 2.35. The number of anilines is 1. The Bertz CT molecular complexity index is 1720. The minimum absolute atomic E-state index is 0.0339. The van der Waals surface area contributed by atoms with E-state index < -0.39 is 28.5 Å². The number of aryl methyl sites for hydroxylation is 1. The van der Waals surface area contributed by atoms with Crippen molar-refractivity contribution < 1.29 is 22.7 Å². The molecule has 0 aliphatic heterocycles. The summed E-state index contributed by atoms with van der Waals surface area (Å²) in [6, 6.07) is 29.1. The number of nitrogens with one attached hydrogen (secondary N) is 1. The molecule has 242 valence electrons. The molecule has 4 aromatic rings. The van der Waals surface area contributed by atoms with E-state index in [1.54, 1.807) is 36.4 Å². The lowest BCUT2D eigenvalue weighted by molar-refractivity contribution is -0.140. The predicted molar refractivity (Wildman–Crippen MR) is 185 cm³/mol. The minimum Gasteiger partial charge on any atom is -0.495 e. The third kappa shape index (κ3) is 8.76. The number of methoxy groups -OCH3 is 1. The van der Waals surface area contributed by atoms with Crippen LogP contribution in [0, 0.1) is 6.92 Å². The molecule has 0 saturated heterocycles. The number of amides is 2. The molecule has 0 heterocycles. The van der Waals surface area contributed by atoms with Crippen LogP contribution in [-0.4, -0.2) is 50.9 Å². The van der Waals surface area contributed by atoms with E-state index in [0.717, 1.165) is 25.5 Å². The van der Waals surface area contributed by atoms with Gasteiger partial charge < -0.3 is 15.0 Å². The van der Waals surface area contributed by atoms with Gasteiger partial charge in [0, 0.05) is 23.5 Å². The van der Waals surface area contributed by atoms with E-state index in [9.17, 15) is 18.0 Å². The Balaban J connectivity index is 1.83. The highest BCUT2D eigenvalue weighted by molar-refractivity contribution is 9.10. The lowest BCUT2D eigenvalue weighted by Gasteiger charge is -2.34. The lowest BCUT2D eigenvalue weighted by Crippen LogP contribution is -2.54. The first-order valence-electron chi connectivity index (χ1n) is 15.1. The van der Waals surface area contributed by atoms with Crippen LogP contribution in [0.25, 0.3) is 0 Å². The van der Waals surface area contributed by atoms with Crippen LogP contribution >= 0.6 is 15.9 Å². The molecular weight excluding hydrogens is 666 g/mol. The molecule has 0 aliphatic rings. The summed E-state index contributed by atoms with van der Waals surface area (Å²) in [7, 11) is -2.79. The summed E-state index contributed by atoms with van der Waals surface area (Å²) in [4.78, 5) is 30.1. The molecule has 0 bridgehead atoms. The van der Waals surface area contributed by atoms with E-state index in [-0.39, 0.29) is 35.5 Å². The maximum absolute atomic E-state index is 14.6. The third-order valence-electron chi connectivity index (χ3n) is 7.78. The predicted octanol–water partition coefficient (Wildman–Crippen LogP) is 6.52. The average Bonchev–Trinajstić information content (AvgIpc) is 3.06.